The summed E-state index contributed by atoms with van der Waals surface area (Å²) in [4.78, 5) is 12.0. The van der Waals surface area contributed by atoms with E-state index < -0.39 is 5.97 Å². The van der Waals surface area contributed by atoms with Gasteiger partial charge in [0.2, 0.25) is 0 Å². The lowest BCUT2D eigenvalue weighted by atomic mass is 10.2. The second kappa shape index (κ2) is 6.72. The quantitative estimate of drug-likeness (QED) is 0.678. The normalized spacial score (nSPS) is 10.4. The Morgan fingerprint density at radius 3 is 2.23 bits per heavy atom. The second-order valence-electron chi connectivity index (χ2n) is 4.95. The summed E-state index contributed by atoms with van der Waals surface area (Å²) in [6, 6.07) is 21.2. The molecule has 0 radical (unpaired) electrons. The zero-order valence-electron chi connectivity index (χ0n) is 12.1. The Labute approximate surface area is 129 Å². The van der Waals surface area contributed by atoms with Crippen molar-refractivity contribution in [1.29, 1.82) is 0 Å². The minimum atomic E-state index is -0.407. The van der Waals surface area contributed by atoms with E-state index in [9.17, 15) is 4.79 Å². The van der Waals surface area contributed by atoms with E-state index >= 15 is 0 Å². The van der Waals surface area contributed by atoms with Crippen molar-refractivity contribution in [2.75, 3.05) is 0 Å². The zero-order chi connectivity index (χ0) is 15.2. The molecular formula is C18H16N2O2. The molecule has 0 atom stereocenters. The first-order valence-corrected chi connectivity index (χ1v) is 7.10. The first-order chi connectivity index (χ1) is 10.8. The largest absolute Gasteiger partial charge is 0.456 e. The Bertz CT molecular complexity index is 736. The Hall–Kier alpha value is -2.88. The van der Waals surface area contributed by atoms with E-state index in [2.05, 4.69) is 5.10 Å². The van der Waals surface area contributed by atoms with Gasteiger partial charge in [0.05, 0.1) is 6.54 Å². The van der Waals surface area contributed by atoms with Gasteiger partial charge in [-0.1, -0.05) is 60.7 Å². The van der Waals surface area contributed by atoms with Crippen molar-refractivity contribution in [2.24, 2.45) is 0 Å². The molecule has 3 aromatic rings. The van der Waals surface area contributed by atoms with Crippen LogP contribution in [0.1, 0.15) is 21.6 Å². The number of ether oxygens (including phenoxy) is 1. The van der Waals surface area contributed by atoms with E-state index in [1.165, 1.54) is 0 Å². The highest BCUT2D eigenvalue weighted by atomic mass is 16.5. The third-order valence-electron chi connectivity index (χ3n) is 3.25. The molecule has 0 aliphatic heterocycles. The van der Waals surface area contributed by atoms with Crippen LogP contribution in [0.5, 0.6) is 0 Å². The van der Waals surface area contributed by atoms with Gasteiger partial charge in [0, 0.05) is 6.20 Å². The van der Waals surface area contributed by atoms with Crippen LogP contribution in [0.25, 0.3) is 0 Å². The van der Waals surface area contributed by atoms with Gasteiger partial charge in [-0.05, 0) is 17.2 Å². The molecule has 4 heteroatoms. The van der Waals surface area contributed by atoms with Gasteiger partial charge in [-0.15, -0.1) is 0 Å². The van der Waals surface area contributed by atoms with Crippen molar-refractivity contribution >= 4 is 5.97 Å². The lowest BCUT2D eigenvalue weighted by Gasteiger charge is -2.03. The molecule has 22 heavy (non-hydrogen) atoms. The number of rotatable bonds is 5. The Morgan fingerprint density at radius 2 is 1.55 bits per heavy atom. The van der Waals surface area contributed by atoms with Crippen molar-refractivity contribution in [3.63, 3.8) is 0 Å². The van der Waals surface area contributed by atoms with Crippen LogP contribution in [-0.4, -0.2) is 15.7 Å². The number of hydrogen-bond acceptors (Lipinski definition) is 3. The van der Waals surface area contributed by atoms with Crippen LogP contribution in [0.15, 0.2) is 72.9 Å². The first kappa shape index (κ1) is 14.1. The molecule has 0 fully saturated rings. The standard InChI is InChI=1S/C18H16N2O2/c21-18(22-14-16-9-5-2-6-10-16)17-11-12-20(19-17)13-15-7-3-1-4-8-15/h1-12H,13-14H2. The lowest BCUT2D eigenvalue weighted by Crippen LogP contribution is -2.08. The molecule has 0 saturated heterocycles. The fraction of sp³-hybridized carbons (Fsp3) is 0.111. The highest BCUT2D eigenvalue weighted by Crippen LogP contribution is 2.06. The first-order valence-electron chi connectivity index (χ1n) is 7.10. The minimum Gasteiger partial charge on any atom is -0.456 e. The maximum Gasteiger partial charge on any atom is 0.359 e. The molecule has 4 nitrogen and oxygen atoms in total. The van der Waals surface area contributed by atoms with Crippen molar-refractivity contribution in [3.05, 3.63) is 89.7 Å². The van der Waals surface area contributed by atoms with Crippen molar-refractivity contribution in [2.45, 2.75) is 13.2 Å². The van der Waals surface area contributed by atoms with Gasteiger partial charge in [0.15, 0.2) is 5.69 Å². The van der Waals surface area contributed by atoms with Crippen molar-refractivity contribution in [1.82, 2.24) is 9.78 Å². The van der Waals surface area contributed by atoms with E-state index in [1.54, 1.807) is 16.9 Å². The molecule has 0 amide bonds. The van der Waals surface area contributed by atoms with E-state index in [-0.39, 0.29) is 6.61 Å². The highest BCUT2D eigenvalue weighted by molar-refractivity contribution is 5.87. The van der Waals surface area contributed by atoms with Gasteiger partial charge < -0.3 is 4.74 Å². The Kier molecular flexibility index (Phi) is 4.30. The molecule has 0 unspecified atom stereocenters. The molecule has 1 aromatic heterocycles. The van der Waals surface area contributed by atoms with Crippen LogP contribution < -0.4 is 0 Å². The lowest BCUT2D eigenvalue weighted by molar-refractivity contribution is 0.0464. The third kappa shape index (κ3) is 3.61. The summed E-state index contributed by atoms with van der Waals surface area (Å²) in [6.45, 7) is 0.887. The summed E-state index contributed by atoms with van der Waals surface area (Å²) in [5.41, 5.74) is 2.42. The average Bonchev–Trinajstić information content (AvgIpc) is 3.03. The molecular weight excluding hydrogens is 276 g/mol. The summed E-state index contributed by atoms with van der Waals surface area (Å²) in [6.07, 6.45) is 1.78. The number of esters is 1. The number of carbonyl (C=O) groups is 1. The monoisotopic (exact) mass is 292 g/mol. The number of aromatic nitrogens is 2. The number of nitrogens with zero attached hydrogens (tertiary/aromatic N) is 2. The smallest absolute Gasteiger partial charge is 0.359 e. The fourth-order valence-electron chi connectivity index (χ4n) is 2.13. The molecule has 1 heterocycles. The van der Waals surface area contributed by atoms with Crippen LogP contribution in [0, 0.1) is 0 Å². The van der Waals surface area contributed by atoms with Crippen molar-refractivity contribution in [3.8, 4) is 0 Å². The molecule has 0 saturated carbocycles. The summed E-state index contributed by atoms with van der Waals surface area (Å²) in [5, 5.41) is 4.26. The summed E-state index contributed by atoms with van der Waals surface area (Å²) in [5.74, 6) is -0.407. The second-order valence-corrected chi connectivity index (χ2v) is 4.95. The van der Waals surface area contributed by atoms with Gasteiger partial charge in [0.1, 0.15) is 6.61 Å². The molecule has 0 aliphatic rings. The van der Waals surface area contributed by atoms with Crippen LogP contribution in [0.4, 0.5) is 0 Å². The van der Waals surface area contributed by atoms with Crippen LogP contribution >= 0.6 is 0 Å². The van der Waals surface area contributed by atoms with Crippen LogP contribution in [0.3, 0.4) is 0 Å². The summed E-state index contributed by atoms with van der Waals surface area (Å²) in [7, 11) is 0. The summed E-state index contributed by atoms with van der Waals surface area (Å²) < 4.78 is 6.99. The predicted molar refractivity (Wildman–Crippen MR) is 83.3 cm³/mol. The van der Waals surface area contributed by atoms with Gasteiger partial charge in [-0.25, -0.2) is 4.79 Å². The van der Waals surface area contributed by atoms with E-state index in [0.29, 0.717) is 12.2 Å². The SMILES string of the molecule is O=C(OCc1ccccc1)c1ccn(Cc2ccccc2)n1. The number of carbonyl (C=O) groups excluding carboxylic acids is 1. The maximum atomic E-state index is 12.0. The van der Waals surface area contributed by atoms with E-state index in [0.717, 1.165) is 11.1 Å². The van der Waals surface area contributed by atoms with Gasteiger partial charge in [-0.3, -0.25) is 4.68 Å². The highest BCUT2D eigenvalue weighted by Gasteiger charge is 2.11. The molecule has 0 spiro atoms. The van der Waals surface area contributed by atoms with Gasteiger partial charge in [-0.2, -0.15) is 5.10 Å². The van der Waals surface area contributed by atoms with E-state index in [4.69, 9.17) is 4.74 Å². The molecule has 0 bridgehead atoms. The van der Waals surface area contributed by atoms with E-state index in [1.807, 2.05) is 60.7 Å². The zero-order valence-corrected chi connectivity index (χ0v) is 12.1. The maximum absolute atomic E-state index is 12.0. The molecule has 0 aliphatic carbocycles. The summed E-state index contributed by atoms with van der Waals surface area (Å²) >= 11 is 0. The Morgan fingerprint density at radius 1 is 0.909 bits per heavy atom. The van der Waals surface area contributed by atoms with Crippen molar-refractivity contribution < 1.29 is 9.53 Å². The fourth-order valence-corrected chi connectivity index (χ4v) is 2.13. The van der Waals surface area contributed by atoms with Gasteiger partial charge in [0.25, 0.3) is 0 Å². The van der Waals surface area contributed by atoms with Crippen LogP contribution in [0.2, 0.25) is 0 Å². The molecule has 0 N–H and O–H groups in total. The minimum absolute atomic E-state index is 0.255. The molecule has 3 rings (SSSR count). The predicted octanol–water partition coefficient (Wildman–Crippen LogP) is 3.29. The third-order valence-corrected chi connectivity index (χ3v) is 3.25. The average molecular weight is 292 g/mol. The number of hydrogen-bond donors (Lipinski definition) is 0. The molecule has 110 valence electrons. The number of benzene rings is 2. The van der Waals surface area contributed by atoms with Crippen LogP contribution in [-0.2, 0) is 17.9 Å². The Balaban J connectivity index is 1.60. The van der Waals surface area contributed by atoms with Gasteiger partial charge >= 0.3 is 5.97 Å². The topological polar surface area (TPSA) is 44.1 Å². The molecule has 2 aromatic carbocycles.